The fourth-order valence-corrected chi connectivity index (χ4v) is 1.31. The van der Waals surface area contributed by atoms with E-state index in [2.05, 4.69) is 17.5 Å². The zero-order chi connectivity index (χ0) is 12.1. The highest BCUT2D eigenvalue weighted by molar-refractivity contribution is 7.80. The summed E-state index contributed by atoms with van der Waals surface area (Å²) in [5, 5.41) is 2.55. The first kappa shape index (κ1) is 12.6. The lowest BCUT2D eigenvalue weighted by Crippen LogP contribution is -2.28. The summed E-state index contributed by atoms with van der Waals surface area (Å²) in [5.74, 6) is -0.976. The van der Waals surface area contributed by atoms with E-state index in [0.717, 1.165) is 5.56 Å². The van der Waals surface area contributed by atoms with Crippen molar-refractivity contribution in [3.05, 3.63) is 35.1 Å². The van der Waals surface area contributed by atoms with Gasteiger partial charge in [-0.05, 0) is 19.1 Å². The molecule has 0 spiro atoms. The van der Waals surface area contributed by atoms with Gasteiger partial charge in [-0.3, -0.25) is 4.79 Å². The SMILES string of the molecule is Cc1ccc(F)c(C(=O)NCCC(N)=S)c1. The van der Waals surface area contributed by atoms with Gasteiger partial charge in [-0.15, -0.1) is 0 Å². The molecule has 0 aliphatic rings. The van der Waals surface area contributed by atoms with Crippen LogP contribution in [0.3, 0.4) is 0 Å². The topological polar surface area (TPSA) is 55.1 Å². The third-order valence-corrected chi connectivity index (χ3v) is 2.23. The van der Waals surface area contributed by atoms with Crippen LogP contribution in [-0.2, 0) is 0 Å². The second-order valence-electron chi connectivity index (χ2n) is 3.46. The lowest BCUT2D eigenvalue weighted by molar-refractivity contribution is 0.0950. The lowest BCUT2D eigenvalue weighted by atomic mass is 10.1. The minimum absolute atomic E-state index is 0.0444. The van der Waals surface area contributed by atoms with Gasteiger partial charge < -0.3 is 11.1 Å². The summed E-state index contributed by atoms with van der Waals surface area (Å²) < 4.78 is 13.3. The Morgan fingerprint density at radius 2 is 2.25 bits per heavy atom. The maximum atomic E-state index is 13.3. The number of aryl methyl sites for hydroxylation is 1. The van der Waals surface area contributed by atoms with Crippen molar-refractivity contribution in [2.75, 3.05) is 6.54 Å². The maximum absolute atomic E-state index is 13.3. The first-order valence-corrected chi connectivity index (χ1v) is 5.24. The average molecular weight is 240 g/mol. The van der Waals surface area contributed by atoms with Gasteiger partial charge >= 0.3 is 0 Å². The molecule has 0 fully saturated rings. The molecule has 3 nitrogen and oxygen atoms in total. The van der Waals surface area contributed by atoms with Gasteiger partial charge in [0, 0.05) is 13.0 Å². The standard InChI is InChI=1S/C11H13FN2OS/c1-7-2-3-9(12)8(6-7)11(15)14-5-4-10(13)16/h2-3,6H,4-5H2,1H3,(H2,13,16)(H,14,15). The quantitative estimate of drug-likeness (QED) is 0.785. The summed E-state index contributed by atoms with van der Waals surface area (Å²) in [7, 11) is 0. The van der Waals surface area contributed by atoms with Crippen molar-refractivity contribution in [3.63, 3.8) is 0 Å². The van der Waals surface area contributed by atoms with Gasteiger partial charge in [0.25, 0.3) is 5.91 Å². The Labute approximate surface area is 98.8 Å². The lowest BCUT2D eigenvalue weighted by Gasteiger charge is -2.06. The number of amides is 1. The fraction of sp³-hybridized carbons (Fsp3) is 0.273. The highest BCUT2D eigenvalue weighted by atomic mass is 32.1. The molecule has 86 valence electrons. The number of rotatable bonds is 4. The summed E-state index contributed by atoms with van der Waals surface area (Å²) in [6.45, 7) is 2.12. The van der Waals surface area contributed by atoms with Crippen molar-refractivity contribution in [2.45, 2.75) is 13.3 Å². The molecule has 0 aliphatic heterocycles. The molecule has 16 heavy (non-hydrogen) atoms. The number of benzene rings is 1. The van der Waals surface area contributed by atoms with Crippen LogP contribution in [0.2, 0.25) is 0 Å². The van der Waals surface area contributed by atoms with Gasteiger partial charge in [0.15, 0.2) is 0 Å². The van der Waals surface area contributed by atoms with Crippen molar-refractivity contribution in [1.29, 1.82) is 0 Å². The van der Waals surface area contributed by atoms with E-state index >= 15 is 0 Å². The third kappa shape index (κ3) is 3.58. The molecule has 1 aromatic carbocycles. The molecule has 3 N–H and O–H groups in total. The number of nitrogens with two attached hydrogens (primary N) is 1. The first-order valence-electron chi connectivity index (χ1n) is 4.83. The Bertz CT molecular complexity index is 420. The van der Waals surface area contributed by atoms with Gasteiger partial charge in [-0.25, -0.2) is 4.39 Å². The minimum Gasteiger partial charge on any atom is -0.393 e. The second-order valence-corrected chi connectivity index (χ2v) is 3.98. The molecular weight excluding hydrogens is 227 g/mol. The molecule has 5 heteroatoms. The van der Waals surface area contributed by atoms with Crippen LogP contribution in [0, 0.1) is 12.7 Å². The third-order valence-electron chi connectivity index (χ3n) is 2.02. The van der Waals surface area contributed by atoms with Crippen molar-refractivity contribution >= 4 is 23.1 Å². The molecule has 0 saturated heterocycles. The number of carbonyl (C=O) groups excluding carboxylic acids is 1. The molecule has 0 bridgehead atoms. The summed E-state index contributed by atoms with van der Waals surface area (Å²) in [6, 6.07) is 4.39. The van der Waals surface area contributed by atoms with Crippen LogP contribution in [0.4, 0.5) is 4.39 Å². The van der Waals surface area contributed by atoms with Crippen LogP contribution in [-0.4, -0.2) is 17.4 Å². The van der Waals surface area contributed by atoms with E-state index in [1.807, 2.05) is 0 Å². The van der Waals surface area contributed by atoms with Crippen LogP contribution < -0.4 is 11.1 Å². The van der Waals surface area contributed by atoms with Gasteiger partial charge in [0.1, 0.15) is 5.82 Å². The number of thiocarbonyl (C=S) groups is 1. The predicted molar refractivity (Wildman–Crippen MR) is 64.9 cm³/mol. The number of nitrogens with one attached hydrogen (secondary N) is 1. The van der Waals surface area contributed by atoms with E-state index in [1.54, 1.807) is 13.0 Å². The average Bonchev–Trinajstić information content (AvgIpc) is 2.21. The van der Waals surface area contributed by atoms with Crippen LogP contribution in [0.25, 0.3) is 0 Å². The molecule has 1 aromatic rings. The Hall–Kier alpha value is -1.49. The van der Waals surface area contributed by atoms with Gasteiger partial charge in [0.05, 0.1) is 10.6 Å². The van der Waals surface area contributed by atoms with Crippen LogP contribution >= 0.6 is 12.2 Å². The number of hydrogen-bond acceptors (Lipinski definition) is 2. The summed E-state index contributed by atoms with van der Waals surface area (Å²) >= 11 is 4.66. The van der Waals surface area contributed by atoms with Gasteiger partial charge in [-0.1, -0.05) is 23.8 Å². The molecule has 1 rings (SSSR count). The smallest absolute Gasteiger partial charge is 0.254 e. The molecule has 0 radical (unpaired) electrons. The maximum Gasteiger partial charge on any atom is 0.254 e. The summed E-state index contributed by atoms with van der Waals surface area (Å²) in [5.41, 5.74) is 6.16. The normalized spacial score (nSPS) is 9.88. The van der Waals surface area contributed by atoms with Crippen molar-refractivity contribution in [1.82, 2.24) is 5.32 Å². The monoisotopic (exact) mass is 240 g/mol. The van der Waals surface area contributed by atoms with Crippen LogP contribution in [0.1, 0.15) is 22.3 Å². The Morgan fingerprint density at radius 3 is 2.88 bits per heavy atom. The largest absolute Gasteiger partial charge is 0.393 e. The molecule has 0 aromatic heterocycles. The summed E-state index contributed by atoms with van der Waals surface area (Å²) in [6.07, 6.45) is 0.411. The Balaban J connectivity index is 2.65. The van der Waals surface area contributed by atoms with Crippen LogP contribution in [0.15, 0.2) is 18.2 Å². The molecule has 0 aliphatic carbocycles. The van der Waals surface area contributed by atoms with E-state index in [0.29, 0.717) is 18.0 Å². The van der Waals surface area contributed by atoms with E-state index in [-0.39, 0.29) is 5.56 Å². The van der Waals surface area contributed by atoms with Crippen LogP contribution in [0.5, 0.6) is 0 Å². The van der Waals surface area contributed by atoms with Crippen molar-refractivity contribution in [3.8, 4) is 0 Å². The number of carbonyl (C=O) groups is 1. The van der Waals surface area contributed by atoms with E-state index in [9.17, 15) is 9.18 Å². The zero-order valence-electron chi connectivity index (χ0n) is 8.92. The molecule has 1 amide bonds. The first-order chi connectivity index (χ1) is 7.50. The fourth-order valence-electron chi connectivity index (χ4n) is 1.21. The van der Waals surface area contributed by atoms with Crippen molar-refractivity contribution in [2.24, 2.45) is 5.73 Å². The predicted octanol–water partition coefficient (Wildman–Crippen LogP) is 1.54. The van der Waals surface area contributed by atoms with Gasteiger partial charge in [0.2, 0.25) is 0 Å². The minimum atomic E-state index is -0.529. The van der Waals surface area contributed by atoms with Gasteiger partial charge in [-0.2, -0.15) is 0 Å². The Morgan fingerprint density at radius 1 is 1.56 bits per heavy atom. The summed E-state index contributed by atoms with van der Waals surface area (Å²) in [4.78, 5) is 11.9. The second kappa shape index (κ2) is 5.55. The molecule has 0 heterocycles. The van der Waals surface area contributed by atoms with E-state index in [4.69, 9.17) is 5.73 Å². The van der Waals surface area contributed by atoms with E-state index < -0.39 is 11.7 Å². The highest BCUT2D eigenvalue weighted by Crippen LogP contribution is 2.09. The van der Waals surface area contributed by atoms with Crippen molar-refractivity contribution < 1.29 is 9.18 Å². The molecular formula is C11H13FN2OS. The molecule has 0 unspecified atom stereocenters. The molecule has 0 atom stereocenters. The number of halogens is 1. The number of hydrogen-bond donors (Lipinski definition) is 2. The highest BCUT2D eigenvalue weighted by Gasteiger charge is 2.10. The zero-order valence-corrected chi connectivity index (χ0v) is 9.73. The molecule has 0 saturated carbocycles. The Kier molecular flexibility index (Phi) is 4.37. The van der Waals surface area contributed by atoms with E-state index in [1.165, 1.54) is 12.1 Å².